The van der Waals surface area contributed by atoms with E-state index in [0.717, 1.165) is 30.4 Å². The number of carbonyl (C=O) groups is 2. The van der Waals surface area contributed by atoms with Gasteiger partial charge in [0.25, 0.3) is 0 Å². The monoisotopic (exact) mass is 310 g/mol. The van der Waals surface area contributed by atoms with Gasteiger partial charge in [-0.25, -0.2) is 4.79 Å². The van der Waals surface area contributed by atoms with Gasteiger partial charge in [-0.1, -0.05) is 49.7 Å². The van der Waals surface area contributed by atoms with Gasteiger partial charge in [-0.15, -0.1) is 0 Å². The fraction of sp³-hybridized carbons (Fsp3) is 0.300. The van der Waals surface area contributed by atoms with E-state index >= 15 is 0 Å². The molecule has 0 aromatic heterocycles. The van der Waals surface area contributed by atoms with Crippen LogP contribution in [-0.2, 0) is 11.2 Å². The highest BCUT2D eigenvalue weighted by Gasteiger charge is 2.14. The molecule has 0 aliphatic heterocycles. The number of unbranched alkanes of at least 4 members (excludes halogenated alkanes) is 1. The van der Waals surface area contributed by atoms with Crippen LogP contribution in [0.2, 0.25) is 0 Å². The third-order valence-electron chi connectivity index (χ3n) is 3.72. The van der Waals surface area contributed by atoms with Gasteiger partial charge in [-0.3, -0.25) is 4.79 Å². The molecule has 0 radical (unpaired) electrons. The lowest BCUT2D eigenvalue weighted by Gasteiger charge is -2.09. The molecular weight excluding hydrogens is 288 g/mol. The van der Waals surface area contributed by atoms with Gasteiger partial charge in [0.05, 0.1) is 12.2 Å². The second-order valence-corrected chi connectivity index (χ2v) is 5.39. The van der Waals surface area contributed by atoms with Crippen molar-refractivity contribution in [2.24, 2.45) is 0 Å². The maximum absolute atomic E-state index is 12.7. The minimum atomic E-state index is -0.366. The summed E-state index contributed by atoms with van der Waals surface area (Å²) in [5, 5.41) is 0. The molecule has 3 nitrogen and oxygen atoms in total. The summed E-state index contributed by atoms with van der Waals surface area (Å²) in [6.07, 6.45) is 3.06. The van der Waals surface area contributed by atoms with Gasteiger partial charge in [0, 0.05) is 11.1 Å². The second-order valence-electron chi connectivity index (χ2n) is 5.39. The van der Waals surface area contributed by atoms with Crippen LogP contribution in [0.1, 0.15) is 58.5 Å². The van der Waals surface area contributed by atoms with E-state index in [9.17, 15) is 9.59 Å². The number of ketones is 1. The molecule has 2 rings (SSSR count). The minimum absolute atomic E-state index is 0.00730. The number of hydrogen-bond acceptors (Lipinski definition) is 3. The number of carbonyl (C=O) groups excluding carboxylic acids is 2. The van der Waals surface area contributed by atoms with Crippen molar-refractivity contribution in [2.45, 2.75) is 33.1 Å². The zero-order valence-corrected chi connectivity index (χ0v) is 13.7. The van der Waals surface area contributed by atoms with Gasteiger partial charge >= 0.3 is 5.97 Å². The predicted molar refractivity (Wildman–Crippen MR) is 90.9 cm³/mol. The Labute approximate surface area is 137 Å². The lowest BCUT2D eigenvalue weighted by Crippen LogP contribution is -2.08. The zero-order valence-electron chi connectivity index (χ0n) is 13.7. The Morgan fingerprint density at radius 1 is 0.913 bits per heavy atom. The van der Waals surface area contributed by atoms with Crippen LogP contribution in [0.4, 0.5) is 0 Å². The van der Waals surface area contributed by atoms with E-state index in [2.05, 4.69) is 6.92 Å². The van der Waals surface area contributed by atoms with Crippen LogP contribution < -0.4 is 0 Å². The first-order valence-electron chi connectivity index (χ1n) is 8.07. The summed E-state index contributed by atoms with van der Waals surface area (Å²) in [5.74, 6) is -0.373. The smallest absolute Gasteiger partial charge is 0.338 e. The summed E-state index contributed by atoms with van der Waals surface area (Å²) in [6, 6.07) is 14.4. The predicted octanol–water partition coefficient (Wildman–Crippen LogP) is 4.44. The van der Waals surface area contributed by atoms with Crippen molar-refractivity contribution in [3.63, 3.8) is 0 Å². The Bertz CT molecular complexity index is 672. The van der Waals surface area contributed by atoms with E-state index in [1.54, 1.807) is 31.2 Å². The fourth-order valence-corrected chi connectivity index (χ4v) is 2.45. The van der Waals surface area contributed by atoms with Gasteiger partial charge in [-0.2, -0.15) is 0 Å². The van der Waals surface area contributed by atoms with Crippen molar-refractivity contribution in [1.82, 2.24) is 0 Å². The van der Waals surface area contributed by atoms with Crippen molar-refractivity contribution in [2.75, 3.05) is 6.61 Å². The van der Waals surface area contributed by atoms with Crippen molar-refractivity contribution >= 4 is 11.8 Å². The van der Waals surface area contributed by atoms with E-state index in [1.165, 1.54) is 0 Å². The molecule has 23 heavy (non-hydrogen) atoms. The molecule has 0 amide bonds. The van der Waals surface area contributed by atoms with Gasteiger partial charge in [0.2, 0.25) is 0 Å². The second kappa shape index (κ2) is 8.28. The van der Waals surface area contributed by atoms with E-state index in [1.807, 2.05) is 24.3 Å². The van der Waals surface area contributed by atoms with Crippen LogP contribution >= 0.6 is 0 Å². The van der Waals surface area contributed by atoms with Crippen molar-refractivity contribution < 1.29 is 14.3 Å². The van der Waals surface area contributed by atoms with E-state index in [-0.39, 0.29) is 11.8 Å². The molecule has 2 aromatic rings. The first-order valence-corrected chi connectivity index (χ1v) is 8.07. The summed E-state index contributed by atoms with van der Waals surface area (Å²) in [4.78, 5) is 24.4. The lowest BCUT2D eigenvalue weighted by atomic mass is 9.95. The maximum atomic E-state index is 12.7. The van der Waals surface area contributed by atoms with Crippen molar-refractivity contribution in [3.8, 4) is 0 Å². The molecule has 0 aliphatic carbocycles. The molecule has 0 aliphatic rings. The minimum Gasteiger partial charge on any atom is -0.462 e. The van der Waals surface area contributed by atoms with Gasteiger partial charge in [0.1, 0.15) is 0 Å². The SMILES string of the molecule is CCCCc1ccccc1C(=O)c1ccc(C(=O)OCC)cc1. The zero-order chi connectivity index (χ0) is 16.7. The van der Waals surface area contributed by atoms with Gasteiger partial charge < -0.3 is 4.74 Å². The first kappa shape index (κ1) is 16.9. The lowest BCUT2D eigenvalue weighted by molar-refractivity contribution is 0.0526. The third-order valence-corrected chi connectivity index (χ3v) is 3.72. The molecule has 0 saturated carbocycles. The summed E-state index contributed by atoms with van der Waals surface area (Å²) < 4.78 is 4.95. The highest BCUT2D eigenvalue weighted by molar-refractivity contribution is 6.10. The molecule has 0 saturated heterocycles. The molecule has 0 fully saturated rings. The van der Waals surface area contributed by atoms with E-state index < -0.39 is 0 Å². The molecule has 2 aromatic carbocycles. The molecule has 120 valence electrons. The third kappa shape index (κ3) is 4.28. The Hall–Kier alpha value is -2.42. The topological polar surface area (TPSA) is 43.4 Å². The van der Waals surface area contributed by atoms with E-state index in [0.29, 0.717) is 17.7 Å². The highest BCUT2D eigenvalue weighted by atomic mass is 16.5. The summed E-state index contributed by atoms with van der Waals surface area (Å²) in [7, 11) is 0. The molecular formula is C20H22O3. The Morgan fingerprint density at radius 2 is 1.57 bits per heavy atom. The number of ether oxygens (including phenoxy) is 1. The molecule has 0 heterocycles. The summed E-state index contributed by atoms with van der Waals surface area (Å²) >= 11 is 0. The average molecular weight is 310 g/mol. The van der Waals surface area contributed by atoms with Gasteiger partial charge in [-0.05, 0) is 37.5 Å². The first-order chi connectivity index (χ1) is 11.2. The van der Waals surface area contributed by atoms with Crippen molar-refractivity contribution in [1.29, 1.82) is 0 Å². The average Bonchev–Trinajstić information content (AvgIpc) is 2.60. The molecule has 0 atom stereocenters. The Kier molecular flexibility index (Phi) is 6.10. The van der Waals surface area contributed by atoms with Crippen LogP contribution in [0.15, 0.2) is 48.5 Å². The Balaban J connectivity index is 2.22. The molecule has 3 heteroatoms. The van der Waals surface area contributed by atoms with Crippen LogP contribution in [-0.4, -0.2) is 18.4 Å². The van der Waals surface area contributed by atoms with Gasteiger partial charge in [0.15, 0.2) is 5.78 Å². The maximum Gasteiger partial charge on any atom is 0.338 e. The quantitative estimate of drug-likeness (QED) is 0.561. The largest absolute Gasteiger partial charge is 0.462 e. The number of rotatable bonds is 7. The van der Waals surface area contributed by atoms with Crippen LogP contribution in [0.25, 0.3) is 0 Å². The fourth-order valence-electron chi connectivity index (χ4n) is 2.45. The molecule has 0 N–H and O–H groups in total. The normalized spacial score (nSPS) is 10.3. The van der Waals surface area contributed by atoms with Crippen LogP contribution in [0, 0.1) is 0 Å². The number of hydrogen-bond donors (Lipinski definition) is 0. The molecule has 0 unspecified atom stereocenters. The molecule has 0 spiro atoms. The van der Waals surface area contributed by atoms with Crippen LogP contribution in [0.5, 0.6) is 0 Å². The number of esters is 1. The highest BCUT2D eigenvalue weighted by Crippen LogP contribution is 2.17. The van der Waals surface area contributed by atoms with Crippen molar-refractivity contribution in [3.05, 3.63) is 70.8 Å². The van der Waals surface area contributed by atoms with E-state index in [4.69, 9.17) is 4.74 Å². The summed E-state index contributed by atoms with van der Waals surface area (Å²) in [6.45, 7) is 4.24. The van der Waals surface area contributed by atoms with Crippen LogP contribution in [0.3, 0.4) is 0 Å². The number of benzene rings is 2. The standard InChI is InChI=1S/C20H22O3/c1-3-5-8-15-9-6-7-10-18(15)19(21)16-11-13-17(14-12-16)20(22)23-4-2/h6-7,9-14H,3-5,8H2,1-2H3. The Morgan fingerprint density at radius 3 is 2.22 bits per heavy atom. The number of aryl methyl sites for hydroxylation is 1. The summed E-state index contributed by atoms with van der Waals surface area (Å²) in [5.41, 5.74) is 2.86. The molecule has 0 bridgehead atoms.